The van der Waals surface area contributed by atoms with Crippen LogP contribution in [0.15, 0.2) is 35.5 Å². The number of nitrogens with two attached hydrogens (primary N) is 4. The fourth-order valence-electron chi connectivity index (χ4n) is 9.81. The smallest absolute Gasteiger partial charge is 0.328 e. The highest BCUT2D eigenvalue weighted by Gasteiger charge is 2.42. The van der Waals surface area contributed by atoms with Crippen molar-refractivity contribution in [2.75, 3.05) is 13.1 Å². The fraction of sp³-hybridized carbons (Fsp3) is 0.638. The zero-order valence-electron chi connectivity index (χ0n) is 51.7. The van der Waals surface area contributed by atoms with Crippen molar-refractivity contribution in [1.29, 1.82) is 0 Å². The first kappa shape index (κ1) is 73.8. The van der Waals surface area contributed by atoms with Gasteiger partial charge in [-0.25, -0.2) is 4.79 Å². The largest absolute Gasteiger partial charge is 0.481 e. The Labute approximate surface area is 511 Å². The number of aliphatic hydroxyl groups excluding tert-OH is 1. The molecule has 10 amide bonds. The van der Waals surface area contributed by atoms with Crippen molar-refractivity contribution in [1.82, 2.24) is 52.4 Å². The molecule has 2 aromatic rings. The summed E-state index contributed by atoms with van der Waals surface area (Å²) in [5, 5.41) is 50.4. The van der Waals surface area contributed by atoms with Gasteiger partial charge in [0.2, 0.25) is 59.1 Å². The highest BCUT2D eigenvalue weighted by atomic mass is 16.4. The number of aromatic amines is 1. The summed E-state index contributed by atoms with van der Waals surface area (Å²) >= 11 is 0. The maximum atomic E-state index is 14.7. The van der Waals surface area contributed by atoms with E-state index in [0.717, 1.165) is 6.92 Å². The first-order valence-corrected chi connectivity index (χ1v) is 29.8. The molecule has 1 aliphatic rings. The molecule has 0 aliphatic carbocycles. The van der Waals surface area contributed by atoms with Gasteiger partial charge in [-0.15, -0.1) is 0 Å². The van der Waals surface area contributed by atoms with Crippen LogP contribution in [0.2, 0.25) is 0 Å². The third-order valence-electron chi connectivity index (χ3n) is 15.4. The number of carbonyl (C=O) groups is 12. The van der Waals surface area contributed by atoms with Crippen LogP contribution >= 0.6 is 0 Å². The van der Waals surface area contributed by atoms with Crippen LogP contribution in [0.3, 0.4) is 0 Å². The molecule has 1 saturated heterocycles. The highest BCUT2D eigenvalue weighted by Crippen LogP contribution is 2.24. The molecular weight excluding hydrogens is 1150 g/mol. The van der Waals surface area contributed by atoms with E-state index in [9.17, 15) is 72.9 Å². The summed E-state index contributed by atoms with van der Waals surface area (Å²) in [6.45, 7) is 15.1. The zero-order valence-corrected chi connectivity index (χ0v) is 51.7. The molecule has 0 unspecified atom stereocenters. The molecule has 3 rings (SSSR count). The van der Waals surface area contributed by atoms with E-state index in [1.165, 1.54) is 4.90 Å². The summed E-state index contributed by atoms with van der Waals surface area (Å²) in [5.41, 5.74) is 24.0. The quantitative estimate of drug-likeness (QED) is 0.0197. The maximum absolute atomic E-state index is 14.7. The molecule has 0 saturated carbocycles. The van der Waals surface area contributed by atoms with Crippen molar-refractivity contribution in [3.8, 4) is 0 Å². The number of rotatable bonds is 37. The summed E-state index contributed by atoms with van der Waals surface area (Å²) < 4.78 is 0. The number of hydrogen-bond donors (Lipinski definition) is 16. The summed E-state index contributed by atoms with van der Waals surface area (Å²) in [4.78, 5) is 172. The number of guanidine groups is 1. The number of nitrogens with one attached hydrogen (secondary N) is 9. The van der Waals surface area contributed by atoms with Crippen LogP contribution in [0.1, 0.15) is 132 Å². The molecule has 0 bridgehead atoms. The molecular formula is C58H93N15O15. The van der Waals surface area contributed by atoms with Crippen molar-refractivity contribution >= 4 is 87.9 Å². The molecule has 13 atom stereocenters. The van der Waals surface area contributed by atoms with Crippen molar-refractivity contribution in [3.05, 3.63) is 36.0 Å². The zero-order chi connectivity index (χ0) is 66.3. The van der Waals surface area contributed by atoms with Crippen LogP contribution in [0, 0.1) is 23.7 Å². The van der Waals surface area contributed by atoms with Gasteiger partial charge in [0.05, 0.1) is 18.6 Å². The molecule has 0 spiro atoms. The van der Waals surface area contributed by atoms with Gasteiger partial charge in [0.15, 0.2) is 12.0 Å². The van der Waals surface area contributed by atoms with Crippen molar-refractivity contribution in [2.45, 2.75) is 199 Å². The Morgan fingerprint density at radius 1 is 0.659 bits per heavy atom. The lowest BCUT2D eigenvalue weighted by atomic mass is 9.96. The first-order chi connectivity index (χ1) is 41.3. The van der Waals surface area contributed by atoms with E-state index < -0.39 is 163 Å². The summed E-state index contributed by atoms with van der Waals surface area (Å²) in [6.07, 6.45) is -1.12. The number of amides is 10. The Morgan fingerprint density at radius 3 is 1.76 bits per heavy atom. The number of carboxylic acids is 2. The number of nitrogens with zero attached hydrogens (tertiary/aromatic N) is 2. The number of primary amides is 1. The second kappa shape index (κ2) is 35.4. The van der Waals surface area contributed by atoms with E-state index in [0.29, 0.717) is 29.3 Å². The number of carbonyl (C=O) groups excluding carboxylic acids is 10. The molecule has 1 aromatic carbocycles. The molecule has 490 valence electrons. The number of aliphatic hydroxyl groups is 1. The van der Waals surface area contributed by atoms with Gasteiger partial charge in [-0.2, -0.15) is 0 Å². The number of para-hydroxylation sites is 1. The average molecular weight is 1240 g/mol. The second-order valence-electron chi connectivity index (χ2n) is 23.3. The number of aromatic nitrogens is 1. The number of H-pyrrole nitrogens is 1. The van der Waals surface area contributed by atoms with E-state index in [1.807, 2.05) is 6.92 Å². The van der Waals surface area contributed by atoms with Crippen molar-refractivity contribution in [3.63, 3.8) is 0 Å². The van der Waals surface area contributed by atoms with Crippen LogP contribution in [-0.2, 0) is 64.0 Å². The van der Waals surface area contributed by atoms with Gasteiger partial charge in [-0.3, -0.25) is 57.7 Å². The number of fused-ring (bicyclic) bond motifs is 1. The lowest BCUT2D eigenvalue weighted by Gasteiger charge is -2.33. The molecule has 20 N–H and O–H groups in total. The number of benzene rings is 1. The van der Waals surface area contributed by atoms with Crippen LogP contribution in [0.5, 0.6) is 0 Å². The molecule has 1 fully saturated rings. The van der Waals surface area contributed by atoms with Crippen LogP contribution in [-0.4, -0.2) is 182 Å². The summed E-state index contributed by atoms with van der Waals surface area (Å²) in [5.74, 6) is -13.8. The molecule has 30 nitrogen and oxygen atoms in total. The Balaban J connectivity index is 2.00. The van der Waals surface area contributed by atoms with Crippen LogP contribution < -0.4 is 65.5 Å². The molecule has 30 heteroatoms. The summed E-state index contributed by atoms with van der Waals surface area (Å²) in [7, 11) is 0. The van der Waals surface area contributed by atoms with E-state index in [-0.39, 0.29) is 75.3 Å². The Bertz CT molecular complexity index is 2800. The Hall–Kier alpha value is -8.41. The number of aliphatic imine (C=N–C) groups is 1. The minimum atomic E-state index is -1.80. The molecule has 1 aromatic heterocycles. The highest BCUT2D eigenvalue weighted by molar-refractivity contribution is 6.00. The van der Waals surface area contributed by atoms with Gasteiger partial charge >= 0.3 is 11.9 Å². The minimum Gasteiger partial charge on any atom is -0.481 e. The normalized spacial score (nSPS) is 17.2. The SMILES string of the molecule is CC[C@H](C)[C@H](NC(=O)[C@H](CCCN=C(N)N)NC(=O)[C@H](CCC(=O)O)NC(=O)[C@H](CC(C)C)NC(=O)[C@H](CC(N)=O)NC(=O)[C@H](Cc1c[nH]c2ccccc12)NC(=O)[C@@H]1CCCN1C(=O)[C@@H](NC(=O)[C@@H](N)C(C)C)[C@@H](C)CC)C(=O)N[C@H](C(=O)O)[C@@H](C)O. The molecule has 1 aliphatic heterocycles. The number of hydrogen-bond acceptors (Lipinski definition) is 15. The van der Waals surface area contributed by atoms with Gasteiger partial charge in [0.1, 0.15) is 48.3 Å². The molecule has 88 heavy (non-hydrogen) atoms. The number of carboxylic acid groups (broad SMARTS) is 2. The predicted octanol–water partition coefficient (Wildman–Crippen LogP) is -2.04. The Kier molecular flexibility index (Phi) is 29.7. The third kappa shape index (κ3) is 22.7. The van der Waals surface area contributed by atoms with Crippen molar-refractivity contribution < 1.29 is 72.9 Å². The van der Waals surface area contributed by atoms with E-state index in [4.69, 9.17) is 22.9 Å². The Morgan fingerprint density at radius 2 is 1.19 bits per heavy atom. The van der Waals surface area contributed by atoms with Crippen LogP contribution in [0.25, 0.3) is 10.9 Å². The van der Waals surface area contributed by atoms with Crippen LogP contribution in [0.4, 0.5) is 0 Å². The maximum Gasteiger partial charge on any atom is 0.328 e. The molecule has 0 radical (unpaired) electrons. The van der Waals surface area contributed by atoms with Gasteiger partial charge in [-0.05, 0) is 80.8 Å². The topological polar surface area (TPSA) is 497 Å². The predicted molar refractivity (Wildman–Crippen MR) is 323 cm³/mol. The summed E-state index contributed by atoms with van der Waals surface area (Å²) in [6, 6.07) is -7.18. The molecule has 2 heterocycles. The van der Waals surface area contributed by atoms with Gasteiger partial charge in [0.25, 0.3) is 0 Å². The van der Waals surface area contributed by atoms with E-state index in [1.54, 1.807) is 78.9 Å². The first-order valence-electron chi connectivity index (χ1n) is 29.8. The van der Waals surface area contributed by atoms with Crippen molar-refractivity contribution in [2.24, 2.45) is 51.6 Å². The number of likely N-dealkylation sites (tertiary alicyclic amines) is 1. The number of aliphatic carboxylic acids is 2. The lowest BCUT2D eigenvalue weighted by Crippen LogP contribution is -2.61. The van der Waals surface area contributed by atoms with E-state index in [2.05, 4.69) is 52.5 Å². The lowest BCUT2D eigenvalue weighted by molar-refractivity contribution is -0.145. The van der Waals surface area contributed by atoms with Gasteiger partial charge < -0.3 is 90.7 Å². The average Bonchev–Trinajstić information content (AvgIpc) is 4.34. The minimum absolute atomic E-state index is 0.0447. The van der Waals surface area contributed by atoms with Gasteiger partial charge in [-0.1, -0.05) is 86.4 Å². The van der Waals surface area contributed by atoms with Gasteiger partial charge in [0, 0.05) is 43.0 Å². The second-order valence-corrected chi connectivity index (χ2v) is 23.3. The monoisotopic (exact) mass is 1240 g/mol. The van der Waals surface area contributed by atoms with E-state index >= 15 is 0 Å². The fourth-order valence-corrected chi connectivity index (χ4v) is 9.81. The third-order valence-corrected chi connectivity index (χ3v) is 15.4. The standard InChI is InChI=1S/C58H93N15O15/c1-10-30(7)45(55(85)72-47(32(9)74)57(87)88)70-49(79)36(18-14-22-63-58(61)62)65-48(78)37(20-21-43(76)77)66-50(80)38(24-28(3)4)67-52(82)40(26-42(59)75)68-51(81)39(25-33-27-64-35-17-13-12-16-34(33)35)69-53(83)41-19-15-23-73(41)56(86)46(31(8)11-2)71-54(84)44(60)29(5)6/h12-13,16-17,27-32,36-41,44-47,64,74H,10-11,14-15,18-26,60H2,1-9H3,(H2,59,75)(H,65,78)(H,66,80)(H,67,82)(H,68,81)(H,69,83)(H,70,79)(H,71,84)(H,72,85)(H,76,77)(H,87,88)(H4,61,62,63)/t30-,31-,32+,36-,37-,38-,39-,40-,41-,44-,45-,46-,47-/m0/s1.